The lowest BCUT2D eigenvalue weighted by atomic mass is 10.2. The molecule has 2 aromatic heterocycles. The molecule has 0 radical (unpaired) electrons. The summed E-state index contributed by atoms with van der Waals surface area (Å²) in [7, 11) is 0. The van der Waals surface area contributed by atoms with Gasteiger partial charge in [-0.25, -0.2) is 13.9 Å². The van der Waals surface area contributed by atoms with Gasteiger partial charge in [-0.1, -0.05) is 22.9 Å². The summed E-state index contributed by atoms with van der Waals surface area (Å²) in [6.45, 7) is 0.455. The first-order valence-corrected chi connectivity index (χ1v) is 7.03. The standard InChI is InChI=1S/C12H10ClFN4OS/c13-8-5-7(1-2-9(8)14)10-6-16-12-18(10)17-11(20-12)15-3-4-19/h1-2,5-6,19H,3-4H2,(H,15,17). The van der Waals surface area contributed by atoms with Gasteiger partial charge in [0.2, 0.25) is 10.1 Å². The Morgan fingerprint density at radius 1 is 1.45 bits per heavy atom. The molecule has 1 aromatic carbocycles. The maximum absolute atomic E-state index is 13.2. The second-order valence-corrected chi connectivity index (χ2v) is 5.39. The van der Waals surface area contributed by atoms with Gasteiger partial charge in [0.25, 0.3) is 0 Å². The minimum Gasteiger partial charge on any atom is -0.395 e. The van der Waals surface area contributed by atoms with Crippen molar-refractivity contribution in [1.82, 2.24) is 14.6 Å². The second kappa shape index (κ2) is 5.35. The predicted octanol–water partition coefficient (Wildman–Crippen LogP) is 2.65. The van der Waals surface area contributed by atoms with E-state index in [1.807, 2.05) is 0 Å². The zero-order chi connectivity index (χ0) is 14.1. The molecule has 0 unspecified atom stereocenters. The molecule has 0 aliphatic rings. The first-order valence-electron chi connectivity index (χ1n) is 5.84. The molecule has 0 saturated carbocycles. The van der Waals surface area contributed by atoms with Gasteiger partial charge in [0.05, 0.1) is 23.5 Å². The number of nitrogens with zero attached hydrogens (tertiary/aromatic N) is 3. The van der Waals surface area contributed by atoms with Crippen LogP contribution < -0.4 is 5.32 Å². The summed E-state index contributed by atoms with van der Waals surface area (Å²) in [5.74, 6) is -0.459. The number of halogens is 2. The first-order chi connectivity index (χ1) is 9.69. The molecule has 104 valence electrons. The van der Waals surface area contributed by atoms with Crippen LogP contribution in [0.4, 0.5) is 9.52 Å². The minimum absolute atomic E-state index is 0.0301. The summed E-state index contributed by atoms with van der Waals surface area (Å²) < 4.78 is 14.9. The van der Waals surface area contributed by atoms with Crippen molar-refractivity contribution >= 4 is 33.0 Å². The topological polar surface area (TPSA) is 62.5 Å². The fourth-order valence-electron chi connectivity index (χ4n) is 1.78. The minimum atomic E-state index is -0.459. The zero-order valence-corrected chi connectivity index (χ0v) is 11.7. The van der Waals surface area contributed by atoms with Crippen LogP contribution in [0.25, 0.3) is 16.2 Å². The van der Waals surface area contributed by atoms with Crippen LogP contribution in [-0.2, 0) is 0 Å². The van der Waals surface area contributed by atoms with E-state index in [0.29, 0.717) is 16.6 Å². The van der Waals surface area contributed by atoms with Crippen LogP contribution in [0.2, 0.25) is 5.02 Å². The van der Waals surface area contributed by atoms with E-state index < -0.39 is 5.82 Å². The molecule has 0 amide bonds. The van der Waals surface area contributed by atoms with Gasteiger partial charge >= 0.3 is 0 Å². The summed E-state index contributed by atoms with van der Waals surface area (Å²) in [4.78, 5) is 4.96. The molecule has 0 atom stereocenters. The Kier molecular flexibility index (Phi) is 3.56. The summed E-state index contributed by atoms with van der Waals surface area (Å²) in [5, 5.41) is 16.8. The van der Waals surface area contributed by atoms with E-state index in [0.717, 1.165) is 11.3 Å². The molecule has 0 aliphatic carbocycles. The monoisotopic (exact) mass is 312 g/mol. The summed E-state index contributed by atoms with van der Waals surface area (Å²) >= 11 is 7.16. The molecule has 2 N–H and O–H groups in total. The van der Waals surface area contributed by atoms with Crippen LogP contribution in [0.3, 0.4) is 0 Å². The van der Waals surface area contributed by atoms with Crippen molar-refractivity contribution in [2.24, 2.45) is 0 Å². The lowest BCUT2D eigenvalue weighted by molar-refractivity contribution is 0.311. The van der Waals surface area contributed by atoms with Gasteiger partial charge in [0.1, 0.15) is 5.82 Å². The number of hydrogen-bond donors (Lipinski definition) is 2. The summed E-state index contributed by atoms with van der Waals surface area (Å²) in [6.07, 6.45) is 1.66. The van der Waals surface area contributed by atoms with Crippen LogP contribution in [0, 0.1) is 5.82 Å². The number of rotatable bonds is 4. The van der Waals surface area contributed by atoms with Crippen molar-refractivity contribution in [2.75, 3.05) is 18.5 Å². The maximum Gasteiger partial charge on any atom is 0.214 e. The number of aliphatic hydroxyl groups excluding tert-OH is 1. The number of hydrogen-bond acceptors (Lipinski definition) is 5. The normalized spacial score (nSPS) is 11.2. The number of aromatic nitrogens is 3. The predicted molar refractivity (Wildman–Crippen MR) is 76.8 cm³/mol. The largest absolute Gasteiger partial charge is 0.395 e. The van der Waals surface area contributed by atoms with E-state index in [4.69, 9.17) is 16.7 Å². The smallest absolute Gasteiger partial charge is 0.214 e. The maximum atomic E-state index is 13.2. The van der Waals surface area contributed by atoms with Gasteiger partial charge in [0.15, 0.2) is 0 Å². The highest BCUT2D eigenvalue weighted by Crippen LogP contribution is 2.28. The quantitative estimate of drug-likeness (QED) is 0.777. The second-order valence-electron chi connectivity index (χ2n) is 4.02. The molecular weight excluding hydrogens is 303 g/mol. The van der Waals surface area contributed by atoms with Crippen molar-refractivity contribution in [3.8, 4) is 11.3 Å². The first kappa shape index (κ1) is 13.3. The highest BCUT2D eigenvalue weighted by molar-refractivity contribution is 7.20. The van der Waals surface area contributed by atoms with Gasteiger partial charge in [-0.3, -0.25) is 0 Å². The number of anilines is 1. The number of imidazole rings is 1. The van der Waals surface area contributed by atoms with E-state index in [1.54, 1.807) is 22.8 Å². The Morgan fingerprint density at radius 2 is 2.30 bits per heavy atom. The molecular formula is C12H10ClFN4OS. The molecule has 0 aliphatic heterocycles. The molecule has 5 nitrogen and oxygen atoms in total. The van der Waals surface area contributed by atoms with Crippen LogP contribution in [0.1, 0.15) is 0 Å². The zero-order valence-electron chi connectivity index (χ0n) is 10.2. The van der Waals surface area contributed by atoms with Gasteiger partial charge in [0, 0.05) is 12.1 Å². The molecule has 0 spiro atoms. The molecule has 3 rings (SSSR count). The number of aliphatic hydroxyl groups is 1. The van der Waals surface area contributed by atoms with E-state index in [9.17, 15) is 4.39 Å². The molecule has 20 heavy (non-hydrogen) atoms. The van der Waals surface area contributed by atoms with Crippen molar-refractivity contribution in [1.29, 1.82) is 0 Å². The molecule has 0 fully saturated rings. The number of fused-ring (bicyclic) bond motifs is 1. The fourth-order valence-corrected chi connectivity index (χ4v) is 2.76. The molecule has 2 heterocycles. The van der Waals surface area contributed by atoms with Crippen LogP contribution in [0.5, 0.6) is 0 Å². The lowest BCUT2D eigenvalue weighted by Crippen LogP contribution is -2.05. The van der Waals surface area contributed by atoms with Crippen molar-refractivity contribution < 1.29 is 9.50 Å². The molecule has 0 saturated heterocycles. The lowest BCUT2D eigenvalue weighted by Gasteiger charge is -2.00. The van der Waals surface area contributed by atoms with Crippen molar-refractivity contribution in [2.45, 2.75) is 0 Å². The fraction of sp³-hybridized carbons (Fsp3) is 0.167. The number of nitrogens with one attached hydrogen (secondary N) is 1. The van der Waals surface area contributed by atoms with Crippen LogP contribution >= 0.6 is 22.9 Å². The Morgan fingerprint density at radius 3 is 3.05 bits per heavy atom. The Hall–Kier alpha value is -1.70. The van der Waals surface area contributed by atoms with Crippen molar-refractivity contribution in [3.05, 3.63) is 35.2 Å². The van der Waals surface area contributed by atoms with Crippen molar-refractivity contribution in [3.63, 3.8) is 0 Å². The Bertz CT molecular complexity index is 757. The van der Waals surface area contributed by atoms with E-state index in [2.05, 4.69) is 15.4 Å². The van der Waals surface area contributed by atoms with Gasteiger partial charge < -0.3 is 10.4 Å². The van der Waals surface area contributed by atoms with Gasteiger partial charge in [-0.2, -0.15) is 0 Å². The van der Waals surface area contributed by atoms with Gasteiger partial charge in [-0.05, 0) is 18.2 Å². The SMILES string of the molecule is OCCNc1nn2c(-c3ccc(F)c(Cl)c3)cnc2s1. The highest BCUT2D eigenvalue weighted by Gasteiger charge is 2.12. The van der Waals surface area contributed by atoms with E-state index in [-0.39, 0.29) is 11.6 Å². The third-order valence-electron chi connectivity index (χ3n) is 2.69. The summed E-state index contributed by atoms with van der Waals surface area (Å²) in [5.41, 5.74) is 1.47. The average molecular weight is 313 g/mol. The molecule has 0 bridgehead atoms. The highest BCUT2D eigenvalue weighted by atomic mass is 35.5. The van der Waals surface area contributed by atoms with Crippen LogP contribution in [-0.4, -0.2) is 32.9 Å². The summed E-state index contributed by atoms with van der Waals surface area (Å²) in [6, 6.07) is 4.49. The average Bonchev–Trinajstić information content (AvgIpc) is 2.99. The molecule has 8 heteroatoms. The van der Waals surface area contributed by atoms with E-state index >= 15 is 0 Å². The third kappa shape index (κ3) is 2.35. The van der Waals surface area contributed by atoms with Crippen LogP contribution in [0.15, 0.2) is 24.4 Å². The van der Waals surface area contributed by atoms with Gasteiger partial charge in [-0.15, -0.1) is 5.10 Å². The molecule has 3 aromatic rings. The Labute approximate surface area is 122 Å². The third-order valence-corrected chi connectivity index (χ3v) is 3.86. The Balaban J connectivity index is 2.02. The number of benzene rings is 1. The van der Waals surface area contributed by atoms with E-state index in [1.165, 1.54) is 17.4 Å².